The molecule has 4 heteroatoms. The molecule has 1 saturated heterocycles. The third-order valence-corrected chi connectivity index (χ3v) is 4.87. The molecule has 0 atom stereocenters. The number of rotatable bonds is 3. The van der Waals surface area contributed by atoms with E-state index in [4.69, 9.17) is 4.98 Å². The summed E-state index contributed by atoms with van der Waals surface area (Å²) in [5.74, 6) is 1.15. The molecular formula is C17H22BrN3. The lowest BCUT2D eigenvalue weighted by Gasteiger charge is -2.38. The highest BCUT2D eigenvalue weighted by molar-refractivity contribution is 9.08. The first kappa shape index (κ1) is 14.8. The lowest BCUT2D eigenvalue weighted by molar-refractivity contribution is 0.209. The van der Waals surface area contributed by atoms with Gasteiger partial charge in [-0.15, -0.1) is 0 Å². The topological polar surface area (TPSA) is 19.4 Å². The Morgan fingerprint density at radius 2 is 1.86 bits per heavy atom. The number of halogens is 1. The summed E-state index contributed by atoms with van der Waals surface area (Å²) in [5.41, 5.74) is 2.37. The van der Waals surface area contributed by atoms with Crippen LogP contribution >= 0.6 is 15.9 Å². The van der Waals surface area contributed by atoms with Crippen LogP contribution in [0.25, 0.3) is 10.9 Å². The van der Waals surface area contributed by atoms with Gasteiger partial charge in [0, 0.05) is 48.5 Å². The molecule has 21 heavy (non-hydrogen) atoms. The molecule has 1 aromatic carbocycles. The predicted octanol–water partition coefficient (Wildman–Crippen LogP) is 3.66. The molecule has 0 aliphatic carbocycles. The molecule has 1 aromatic heterocycles. The van der Waals surface area contributed by atoms with Crippen LogP contribution < -0.4 is 4.90 Å². The van der Waals surface area contributed by atoms with Crippen molar-refractivity contribution >= 4 is 32.7 Å². The van der Waals surface area contributed by atoms with Gasteiger partial charge in [-0.1, -0.05) is 34.1 Å². The van der Waals surface area contributed by atoms with E-state index >= 15 is 0 Å². The van der Waals surface area contributed by atoms with Crippen molar-refractivity contribution in [3.63, 3.8) is 0 Å². The largest absolute Gasteiger partial charge is 0.354 e. The van der Waals surface area contributed by atoms with Gasteiger partial charge in [-0.25, -0.2) is 4.98 Å². The van der Waals surface area contributed by atoms with Crippen molar-refractivity contribution in [2.45, 2.75) is 25.2 Å². The first-order chi connectivity index (χ1) is 10.2. The Morgan fingerprint density at radius 3 is 2.52 bits per heavy atom. The Labute approximate surface area is 135 Å². The van der Waals surface area contributed by atoms with Gasteiger partial charge in [-0.05, 0) is 26.0 Å². The minimum absolute atomic E-state index is 0.632. The molecule has 3 nitrogen and oxygen atoms in total. The quantitative estimate of drug-likeness (QED) is 0.789. The Balaban J connectivity index is 1.89. The predicted molar refractivity (Wildman–Crippen MR) is 93.3 cm³/mol. The SMILES string of the molecule is CC(C)N1CCN(c2nc3ccccc3cc2CBr)CC1. The standard InChI is InChI=1S/C17H22BrN3/c1-13(2)20-7-9-21(10-8-20)17-15(12-18)11-14-5-3-4-6-16(14)19-17/h3-6,11,13H,7-10,12H2,1-2H3. The number of benzene rings is 1. The summed E-state index contributed by atoms with van der Waals surface area (Å²) in [6, 6.07) is 11.3. The van der Waals surface area contributed by atoms with E-state index in [9.17, 15) is 0 Å². The van der Waals surface area contributed by atoms with Crippen molar-refractivity contribution in [3.8, 4) is 0 Å². The van der Waals surface area contributed by atoms with Gasteiger partial charge in [-0.3, -0.25) is 4.90 Å². The highest BCUT2D eigenvalue weighted by Gasteiger charge is 2.21. The summed E-state index contributed by atoms with van der Waals surface area (Å²) >= 11 is 3.62. The summed E-state index contributed by atoms with van der Waals surface area (Å²) in [6.45, 7) is 8.90. The zero-order valence-electron chi connectivity index (χ0n) is 12.7. The molecular weight excluding hydrogens is 326 g/mol. The van der Waals surface area contributed by atoms with E-state index in [0.29, 0.717) is 6.04 Å². The molecule has 0 spiro atoms. The second kappa shape index (κ2) is 6.32. The van der Waals surface area contributed by atoms with Crippen molar-refractivity contribution in [1.82, 2.24) is 9.88 Å². The number of fused-ring (bicyclic) bond motifs is 1. The summed E-state index contributed by atoms with van der Waals surface area (Å²) in [5, 5.41) is 2.07. The molecule has 0 unspecified atom stereocenters. The van der Waals surface area contributed by atoms with E-state index in [1.165, 1.54) is 10.9 Å². The summed E-state index contributed by atoms with van der Waals surface area (Å²) < 4.78 is 0. The maximum atomic E-state index is 4.92. The number of pyridine rings is 1. The average Bonchev–Trinajstić information content (AvgIpc) is 2.53. The lowest BCUT2D eigenvalue weighted by Crippen LogP contribution is -2.49. The molecule has 3 rings (SSSR count). The second-order valence-corrected chi connectivity index (χ2v) is 6.47. The molecule has 0 radical (unpaired) electrons. The zero-order valence-corrected chi connectivity index (χ0v) is 14.3. The van der Waals surface area contributed by atoms with Crippen molar-refractivity contribution in [2.24, 2.45) is 0 Å². The Bertz CT molecular complexity index is 618. The number of para-hydroxylation sites is 1. The Kier molecular flexibility index (Phi) is 4.45. The third-order valence-electron chi connectivity index (χ3n) is 4.27. The normalized spacial score (nSPS) is 16.9. The molecule has 0 bridgehead atoms. The molecule has 1 aliphatic heterocycles. The van der Waals surface area contributed by atoms with Crippen LogP contribution in [-0.4, -0.2) is 42.1 Å². The summed E-state index contributed by atoms with van der Waals surface area (Å²) in [6.07, 6.45) is 0. The molecule has 1 aliphatic rings. The number of hydrogen-bond donors (Lipinski definition) is 0. The second-order valence-electron chi connectivity index (χ2n) is 5.91. The number of hydrogen-bond acceptors (Lipinski definition) is 3. The van der Waals surface area contributed by atoms with Gasteiger partial charge >= 0.3 is 0 Å². The van der Waals surface area contributed by atoms with Gasteiger partial charge in [0.25, 0.3) is 0 Å². The fourth-order valence-corrected chi connectivity index (χ4v) is 3.38. The maximum Gasteiger partial charge on any atom is 0.133 e. The zero-order chi connectivity index (χ0) is 14.8. The van der Waals surface area contributed by atoms with Crippen LogP contribution in [0.4, 0.5) is 5.82 Å². The number of nitrogens with zero attached hydrogens (tertiary/aromatic N) is 3. The number of anilines is 1. The minimum atomic E-state index is 0.632. The fraction of sp³-hybridized carbons (Fsp3) is 0.471. The van der Waals surface area contributed by atoms with E-state index in [2.05, 4.69) is 69.9 Å². The van der Waals surface area contributed by atoms with Gasteiger partial charge in [0.05, 0.1) is 5.52 Å². The molecule has 2 heterocycles. The van der Waals surface area contributed by atoms with Crippen molar-refractivity contribution < 1.29 is 0 Å². The highest BCUT2D eigenvalue weighted by atomic mass is 79.9. The lowest BCUT2D eigenvalue weighted by atomic mass is 10.1. The van der Waals surface area contributed by atoms with Crippen LogP contribution in [0, 0.1) is 0 Å². The smallest absolute Gasteiger partial charge is 0.133 e. The maximum absolute atomic E-state index is 4.92. The molecule has 2 aromatic rings. The van der Waals surface area contributed by atoms with Crippen LogP contribution in [0.1, 0.15) is 19.4 Å². The average molecular weight is 348 g/mol. The Hall–Kier alpha value is -1.13. The first-order valence-electron chi connectivity index (χ1n) is 7.62. The van der Waals surface area contributed by atoms with Gasteiger partial charge in [-0.2, -0.15) is 0 Å². The van der Waals surface area contributed by atoms with Crippen LogP contribution in [0.2, 0.25) is 0 Å². The number of alkyl halides is 1. The van der Waals surface area contributed by atoms with Gasteiger partial charge in [0.1, 0.15) is 5.82 Å². The highest BCUT2D eigenvalue weighted by Crippen LogP contribution is 2.26. The third kappa shape index (κ3) is 3.06. The first-order valence-corrected chi connectivity index (χ1v) is 8.75. The van der Waals surface area contributed by atoms with Crippen molar-refractivity contribution in [1.29, 1.82) is 0 Å². The Morgan fingerprint density at radius 1 is 1.14 bits per heavy atom. The van der Waals surface area contributed by atoms with E-state index in [0.717, 1.165) is 42.8 Å². The fourth-order valence-electron chi connectivity index (χ4n) is 2.97. The summed E-state index contributed by atoms with van der Waals surface area (Å²) in [7, 11) is 0. The van der Waals surface area contributed by atoms with Crippen LogP contribution in [0.15, 0.2) is 30.3 Å². The molecule has 0 N–H and O–H groups in total. The molecule has 0 saturated carbocycles. The van der Waals surface area contributed by atoms with Gasteiger partial charge in [0.2, 0.25) is 0 Å². The molecule has 1 fully saturated rings. The van der Waals surface area contributed by atoms with E-state index in [-0.39, 0.29) is 0 Å². The number of piperazine rings is 1. The van der Waals surface area contributed by atoms with Crippen LogP contribution in [-0.2, 0) is 5.33 Å². The molecule has 112 valence electrons. The summed E-state index contributed by atoms with van der Waals surface area (Å²) in [4.78, 5) is 9.88. The molecule has 0 amide bonds. The van der Waals surface area contributed by atoms with Crippen LogP contribution in [0.3, 0.4) is 0 Å². The number of aromatic nitrogens is 1. The van der Waals surface area contributed by atoms with Gasteiger partial charge in [0.15, 0.2) is 0 Å². The minimum Gasteiger partial charge on any atom is -0.354 e. The van der Waals surface area contributed by atoms with E-state index in [1.807, 2.05) is 0 Å². The van der Waals surface area contributed by atoms with Crippen LogP contribution in [0.5, 0.6) is 0 Å². The van der Waals surface area contributed by atoms with Crippen molar-refractivity contribution in [3.05, 3.63) is 35.9 Å². The monoisotopic (exact) mass is 347 g/mol. The van der Waals surface area contributed by atoms with E-state index < -0.39 is 0 Å². The van der Waals surface area contributed by atoms with Gasteiger partial charge < -0.3 is 4.90 Å². The van der Waals surface area contributed by atoms with E-state index in [1.54, 1.807) is 0 Å². The van der Waals surface area contributed by atoms with Crippen molar-refractivity contribution in [2.75, 3.05) is 31.1 Å².